The molecule has 0 aliphatic carbocycles. The van der Waals surface area contributed by atoms with Crippen LogP contribution in [0.25, 0.3) is 0 Å². The van der Waals surface area contributed by atoms with Crippen LogP contribution in [0.15, 0.2) is 48.5 Å². The SMILES string of the molecule is COC(=O)C1(S(=O)(=O)N2CCC(OCc3ccc(OC(F)(F)F)cc3)CC2)CCOCC1.O=C(O)C1(S(=O)(=O)N2CCC(OCc3ccc(OC(F)(F)F)cc3)CC2)CCOCC1. The molecular weight excluding hydrogens is 899 g/mol. The molecule has 0 saturated carbocycles. The van der Waals surface area contributed by atoms with Crippen LogP contribution >= 0.6 is 0 Å². The zero-order chi connectivity index (χ0) is 46.1. The van der Waals surface area contributed by atoms with Crippen LogP contribution in [-0.4, -0.2) is 137 Å². The van der Waals surface area contributed by atoms with Crippen LogP contribution in [0.1, 0.15) is 62.5 Å². The first-order chi connectivity index (χ1) is 29.6. The normalized spacial score (nSPS) is 20.8. The molecule has 4 aliphatic heterocycles. The number of piperidine rings is 2. The molecule has 354 valence electrons. The van der Waals surface area contributed by atoms with Crippen molar-refractivity contribution in [2.24, 2.45) is 0 Å². The van der Waals surface area contributed by atoms with E-state index in [0.717, 1.165) is 0 Å². The lowest BCUT2D eigenvalue weighted by Crippen LogP contribution is -2.58. The molecule has 6 rings (SSSR count). The molecule has 4 saturated heterocycles. The number of alkyl halides is 6. The number of methoxy groups -OCH3 is 1. The van der Waals surface area contributed by atoms with Gasteiger partial charge < -0.3 is 38.3 Å². The number of carboxylic acid groups (broad SMARTS) is 1. The zero-order valence-corrected chi connectivity index (χ0v) is 35.9. The first-order valence-electron chi connectivity index (χ1n) is 20.0. The summed E-state index contributed by atoms with van der Waals surface area (Å²) >= 11 is 0. The van der Waals surface area contributed by atoms with Gasteiger partial charge in [0.2, 0.25) is 20.0 Å². The Balaban J connectivity index is 0.000000238. The van der Waals surface area contributed by atoms with Gasteiger partial charge in [0, 0.05) is 78.3 Å². The minimum absolute atomic E-state index is 0.0481. The second-order valence-electron chi connectivity index (χ2n) is 15.2. The van der Waals surface area contributed by atoms with E-state index >= 15 is 0 Å². The Labute approximate surface area is 360 Å². The van der Waals surface area contributed by atoms with Crippen molar-refractivity contribution in [3.05, 3.63) is 59.7 Å². The van der Waals surface area contributed by atoms with E-state index in [1.807, 2.05) is 0 Å². The standard InChI is InChI=1S/C20H26F3NO7S.C19H24F3NO7S/c1-28-18(25)19(8-12-29-13-9-19)32(26,27)24-10-6-16(7-11-24)30-14-15-2-4-17(5-3-15)31-20(21,22)23;20-19(21,22)30-16-3-1-14(2-4-16)13-29-15-5-9-23(10-6-15)31(26,27)18(17(24)25)7-11-28-12-8-18/h2-5,16H,6-14H2,1H3;1-4,15H,5-13H2,(H,24,25). The van der Waals surface area contributed by atoms with Gasteiger partial charge in [-0.1, -0.05) is 24.3 Å². The second kappa shape index (κ2) is 21.0. The summed E-state index contributed by atoms with van der Waals surface area (Å²) in [6, 6.07) is 10.7. The van der Waals surface area contributed by atoms with Crippen LogP contribution in [-0.2, 0) is 66.5 Å². The topological polar surface area (TPSA) is 194 Å². The molecule has 1 N–H and O–H groups in total. The number of carboxylic acids is 1. The number of sulfonamides is 2. The summed E-state index contributed by atoms with van der Waals surface area (Å²) in [4.78, 5) is 24.3. The number of hydrogen-bond acceptors (Lipinski definition) is 13. The number of nitrogens with zero attached hydrogens (tertiary/aromatic N) is 2. The quantitative estimate of drug-likeness (QED) is 0.193. The van der Waals surface area contributed by atoms with Crippen LogP contribution in [0.3, 0.4) is 0 Å². The average Bonchev–Trinajstić information content (AvgIpc) is 3.25. The molecule has 0 aromatic heterocycles. The van der Waals surface area contributed by atoms with Crippen molar-refractivity contribution in [1.29, 1.82) is 0 Å². The minimum Gasteiger partial charge on any atom is -0.480 e. The highest BCUT2D eigenvalue weighted by atomic mass is 32.2. The van der Waals surface area contributed by atoms with Crippen molar-refractivity contribution in [2.75, 3.05) is 59.7 Å². The molecule has 2 aromatic rings. The van der Waals surface area contributed by atoms with E-state index < -0.39 is 54.2 Å². The van der Waals surface area contributed by atoms with E-state index in [4.69, 9.17) is 23.7 Å². The highest BCUT2D eigenvalue weighted by molar-refractivity contribution is 7.91. The van der Waals surface area contributed by atoms with Crippen LogP contribution in [0.5, 0.6) is 11.5 Å². The number of carbonyl (C=O) groups excluding carboxylic acids is 1. The predicted molar refractivity (Wildman–Crippen MR) is 208 cm³/mol. The van der Waals surface area contributed by atoms with E-state index in [1.165, 1.54) is 64.3 Å². The molecule has 4 heterocycles. The third-order valence-corrected chi connectivity index (χ3v) is 16.5. The zero-order valence-electron chi connectivity index (χ0n) is 34.2. The highest BCUT2D eigenvalue weighted by Gasteiger charge is 2.56. The van der Waals surface area contributed by atoms with E-state index in [-0.39, 0.29) is 115 Å². The molecule has 0 unspecified atom stereocenters. The maximum atomic E-state index is 13.3. The van der Waals surface area contributed by atoms with Crippen molar-refractivity contribution in [2.45, 2.75) is 99.0 Å². The summed E-state index contributed by atoms with van der Waals surface area (Å²) in [7, 11) is -6.84. The van der Waals surface area contributed by atoms with Crippen molar-refractivity contribution in [1.82, 2.24) is 8.61 Å². The Morgan fingerprint density at radius 3 is 1.29 bits per heavy atom. The summed E-state index contributed by atoms with van der Waals surface area (Å²) in [6.45, 7) is 1.50. The smallest absolute Gasteiger partial charge is 0.480 e. The maximum Gasteiger partial charge on any atom is 0.573 e. The lowest BCUT2D eigenvalue weighted by Gasteiger charge is -2.40. The Bertz CT molecular complexity index is 2030. The maximum absolute atomic E-state index is 13.3. The molecule has 0 spiro atoms. The van der Waals surface area contributed by atoms with Crippen LogP contribution in [0.2, 0.25) is 0 Å². The monoisotopic (exact) mass is 948 g/mol. The summed E-state index contributed by atoms with van der Waals surface area (Å²) < 4.78 is 160. The van der Waals surface area contributed by atoms with Crippen molar-refractivity contribution >= 4 is 32.0 Å². The van der Waals surface area contributed by atoms with Gasteiger partial charge in [-0.05, 0) is 61.1 Å². The molecule has 16 nitrogen and oxygen atoms in total. The fourth-order valence-electron chi connectivity index (χ4n) is 7.71. The van der Waals surface area contributed by atoms with Crippen LogP contribution in [0, 0.1) is 0 Å². The molecular formula is C39H50F6N2O14S2. The van der Waals surface area contributed by atoms with Crippen LogP contribution in [0.4, 0.5) is 26.3 Å². The number of esters is 1. The first kappa shape index (κ1) is 50.2. The van der Waals surface area contributed by atoms with Crippen molar-refractivity contribution in [3.63, 3.8) is 0 Å². The van der Waals surface area contributed by atoms with E-state index in [9.17, 15) is 57.9 Å². The lowest BCUT2D eigenvalue weighted by molar-refractivity contribution is -0.275. The third kappa shape index (κ3) is 12.7. The summed E-state index contributed by atoms with van der Waals surface area (Å²) in [5.74, 6) is -2.76. The molecule has 24 heteroatoms. The molecule has 0 atom stereocenters. The molecule has 4 aliphatic rings. The Kier molecular flexibility index (Phi) is 16.8. The number of ether oxygens (including phenoxy) is 7. The molecule has 0 amide bonds. The Morgan fingerprint density at radius 2 is 0.968 bits per heavy atom. The number of halogens is 6. The summed E-state index contributed by atoms with van der Waals surface area (Å²) in [5, 5.41) is 9.64. The highest BCUT2D eigenvalue weighted by Crippen LogP contribution is 2.37. The summed E-state index contributed by atoms with van der Waals surface area (Å²) in [5.41, 5.74) is 1.32. The molecule has 4 fully saturated rings. The lowest BCUT2D eigenvalue weighted by atomic mass is 9.99. The average molecular weight is 949 g/mol. The van der Waals surface area contributed by atoms with Gasteiger partial charge in [-0.15, -0.1) is 26.3 Å². The number of carbonyl (C=O) groups is 2. The van der Waals surface area contributed by atoms with Crippen molar-refractivity contribution < 1.29 is 91.0 Å². The van der Waals surface area contributed by atoms with Gasteiger partial charge in [-0.2, -0.15) is 0 Å². The minimum atomic E-state index is -4.75. The van der Waals surface area contributed by atoms with Gasteiger partial charge in [-0.3, -0.25) is 9.59 Å². The molecule has 2 aromatic carbocycles. The van der Waals surface area contributed by atoms with Gasteiger partial charge in [0.05, 0.1) is 32.5 Å². The van der Waals surface area contributed by atoms with Gasteiger partial charge in [-0.25, -0.2) is 25.4 Å². The summed E-state index contributed by atoms with van der Waals surface area (Å²) in [6.07, 6.45) is -8.39. The van der Waals surface area contributed by atoms with E-state index in [0.29, 0.717) is 36.8 Å². The number of aliphatic carboxylic acids is 1. The van der Waals surface area contributed by atoms with Gasteiger partial charge >= 0.3 is 24.7 Å². The Hall–Kier alpha value is -3.78. The van der Waals surface area contributed by atoms with Crippen molar-refractivity contribution in [3.8, 4) is 11.5 Å². The largest absolute Gasteiger partial charge is 0.573 e. The van der Waals surface area contributed by atoms with Crippen LogP contribution < -0.4 is 9.47 Å². The first-order valence-corrected chi connectivity index (χ1v) is 22.9. The Morgan fingerprint density at radius 1 is 0.635 bits per heavy atom. The van der Waals surface area contributed by atoms with Gasteiger partial charge in [0.1, 0.15) is 11.5 Å². The van der Waals surface area contributed by atoms with Gasteiger partial charge in [0.15, 0.2) is 9.49 Å². The molecule has 0 bridgehead atoms. The third-order valence-electron chi connectivity index (χ3n) is 11.3. The second-order valence-corrected chi connectivity index (χ2v) is 19.7. The number of hydrogen-bond donors (Lipinski definition) is 1. The molecule has 0 radical (unpaired) electrons. The van der Waals surface area contributed by atoms with Gasteiger partial charge in [0.25, 0.3) is 0 Å². The number of benzene rings is 2. The predicted octanol–water partition coefficient (Wildman–Crippen LogP) is 5.15. The molecule has 63 heavy (non-hydrogen) atoms. The van der Waals surface area contributed by atoms with E-state index in [2.05, 4.69) is 9.47 Å². The number of rotatable bonds is 14. The fraction of sp³-hybridized carbons (Fsp3) is 0.641. The fourth-order valence-corrected chi connectivity index (χ4v) is 12.0. The van der Waals surface area contributed by atoms with E-state index in [1.54, 1.807) is 0 Å².